The van der Waals surface area contributed by atoms with Gasteiger partial charge in [0.1, 0.15) is 0 Å². The summed E-state index contributed by atoms with van der Waals surface area (Å²) < 4.78 is 26.5. The molecule has 0 spiro atoms. The molecule has 1 amide bonds. The standard InChI is InChI=1S/C17H17NO6/c1-20-13-4-3-5-14(17(13)21-2)22-9-16(19)18-11-6-7-12-15(8-11)24-10-23-12/h3-8H,9-10H2,1-2H3,(H,18,19). The Kier molecular flexibility index (Phi) is 4.60. The van der Waals surface area contributed by atoms with Crippen LogP contribution in [0.3, 0.4) is 0 Å². The monoisotopic (exact) mass is 331 g/mol. The van der Waals surface area contributed by atoms with Crippen LogP contribution in [0.15, 0.2) is 36.4 Å². The van der Waals surface area contributed by atoms with Gasteiger partial charge in [0, 0.05) is 11.8 Å². The van der Waals surface area contributed by atoms with E-state index in [0.717, 1.165) is 0 Å². The Hall–Kier alpha value is -3.09. The largest absolute Gasteiger partial charge is 0.493 e. The molecule has 0 aromatic heterocycles. The van der Waals surface area contributed by atoms with Gasteiger partial charge in [-0.3, -0.25) is 4.79 Å². The number of benzene rings is 2. The van der Waals surface area contributed by atoms with Crippen molar-refractivity contribution in [1.82, 2.24) is 0 Å². The van der Waals surface area contributed by atoms with Crippen LogP contribution in [-0.2, 0) is 4.79 Å². The lowest BCUT2D eigenvalue weighted by molar-refractivity contribution is -0.118. The molecule has 3 rings (SSSR count). The predicted octanol–water partition coefficient (Wildman–Crippen LogP) is 2.45. The summed E-state index contributed by atoms with van der Waals surface area (Å²) in [4.78, 5) is 12.1. The molecule has 0 saturated heterocycles. The van der Waals surface area contributed by atoms with Gasteiger partial charge < -0.3 is 29.0 Å². The molecule has 126 valence electrons. The highest BCUT2D eigenvalue weighted by Crippen LogP contribution is 2.37. The normalized spacial score (nSPS) is 11.8. The lowest BCUT2D eigenvalue weighted by atomic mass is 10.2. The Morgan fingerprint density at radius 2 is 1.88 bits per heavy atom. The molecule has 7 heteroatoms. The minimum absolute atomic E-state index is 0.169. The molecule has 0 fully saturated rings. The van der Waals surface area contributed by atoms with Gasteiger partial charge in [0.15, 0.2) is 29.6 Å². The van der Waals surface area contributed by atoms with E-state index in [9.17, 15) is 4.79 Å². The molecule has 0 radical (unpaired) electrons. The first kappa shape index (κ1) is 15.8. The van der Waals surface area contributed by atoms with Crippen LogP contribution in [0.1, 0.15) is 0 Å². The van der Waals surface area contributed by atoms with Gasteiger partial charge in [0.25, 0.3) is 5.91 Å². The fourth-order valence-corrected chi connectivity index (χ4v) is 2.29. The fourth-order valence-electron chi connectivity index (χ4n) is 2.29. The quantitative estimate of drug-likeness (QED) is 0.876. The maximum absolute atomic E-state index is 12.1. The third-order valence-electron chi connectivity index (χ3n) is 3.38. The summed E-state index contributed by atoms with van der Waals surface area (Å²) in [7, 11) is 3.05. The molecule has 1 heterocycles. The van der Waals surface area contributed by atoms with Gasteiger partial charge in [-0.15, -0.1) is 0 Å². The van der Waals surface area contributed by atoms with E-state index in [2.05, 4.69) is 5.32 Å². The van der Waals surface area contributed by atoms with Crippen LogP contribution in [0, 0.1) is 0 Å². The lowest BCUT2D eigenvalue weighted by Gasteiger charge is -2.13. The van der Waals surface area contributed by atoms with Crippen LogP contribution in [0.4, 0.5) is 5.69 Å². The number of nitrogens with one attached hydrogen (secondary N) is 1. The molecular weight excluding hydrogens is 314 g/mol. The molecule has 0 bridgehead atoms. The molecule has 24 heavy (non-hydrogen) atoms. The summed E-state index contributed by atoms with van der Waals surface area (Å²) in [5, 5.41) is 2.74. The van der Waals surface area contributed by atoms with Gasteiger partial charge in [-0.25, -0.2) is 0 Å². The number of hydrogen-bond donors (Lipinski definition) is 1. The molecule has 0 unspecified atom stereocenters. The summed E-state index contributed by atoms with van der Waals surface area (Å²) in [6.45, 7) is 0.0173. The van der Waals surface area contributed by atoms with E-state index in [-0.39, 0.29) is 19.3 Å². The van der Waals surface area contributed by atoms with Crippen molar-refractivity contribution in [3.05, 3.63) is 36.4 Å². The Balaban J connectivity index is 1.62. The maximum atomic E-state index is 12.1. The Labute approximate surface area is 139 Å². The second kappa shape index (κ2) is 6.99. The van der Waals surface area contributed by atoms with E-state index < -0.39 is 0 Å². The highest BCUT2D eigenvalue weighted by Gasteiger charge is 2.15. The molecule has 1 aliphatic heterocycles. The van der Waals surface area contributed by atoms with Crippen molar-refractivity contribution in [1.29, 1.82) is 0 Å². The summed E-state index contributed by atoms with van der Waals surface area (Å²) in [5.74, 6) is 2.35. The summed E-state index contributed by atoms with van der Waals surface area (Å²) in [5.41, 5.74) is 0.602. The number of rotatable bonds is 6. The van der Waals surface area contributed by atoms with Crippen molar-refractivity contribution >= 4 is 11.6 Å². The van der Waals surface area contributed by atoms with Crippen molar-refractivity contribution < 1.29 is 28.5 Å². The van der Waals surface area contributed by atoms with Crippen molar-refractivity contribution in [2.75, 3.05) is 32.9 Å². The zero-order valence-corrected chi connectivity index (χ0v) is 13.3. The molecule has 2 aromatic rings. The van der Waals surface area contributed by atoms with Gasteiger partial charge in [0.05, 0.1) is 14.2 Å². The first-order chi connectivity index (χ1) is 11.7. The Morgan fingerprint density at radius 3 is 2.67 bits per heavy atom. The topological polar surface area (TPSA) is 75.3 Å². The second-order valence-corrected chi connectivity index (χ2v) is 4.90. The van der Waals surface area contributed by atoms with E-state index in [1.54, 1.807) is 36.4 Å². The number of fused-ring (bicyclic) bond motifs is 1. The van der Waals surface area contributed by atoms with Gasteiger partial charge in [-0.1, -0.05) is 6.07 Å². The van der Waals surface area contributed by atoms with Crippen LogP contribution in [0.25, 0.3) is 0 Å². The molecular formula is C17H17NO6. The third-order valence-corrected chi connectivity index (χ3v) is 3.38. The molecule has 0 aliphatic carbocycles. The highest BCUT2D eigenvalue weighted by molar-refractivity contribution is 5.92. The molecule has 7 nitrogen and oxygen atoms in total. The summed E-state index contributed by atoms with van der Waals surface area (Å²) in [6, 6.07) is 10.4. The molecule has 2 aromatic carbocycles. The second-order valence-electron chi connectivity index (χ2n) is 4.90. The molecule has 1 N–H and O–H groups in total. The van der Waals surface area contributed by atoms with Gasteiger partial charge >= 0.3 is 0 Å². The number of methoxy groups -OCH3 is 2. The fraction of sp³-hybridized carbons (Fsp3) is 0.235. The number of hydrogen-bond acceptors (Lipinski definition) is 6. The molecule has 0 saturated carbocycles. The van der Waals surface area contributed by atoms with Gasteiger partial charge in [-0.05, 0) is 24.3 Å². The predicted molar refractivity (Wildman–Crippen MR) is 86.2 cm³/mol. The number of carbonyl (C=O) groups excluding carboxylic acids is 1. The number of anilines is 1. The van der Waals surface area contributed by atoms with Crippen molar-refractivity contribution in [3.63, 3.8) is 0 Å². The number of ether oxygens (including phenoxy) is 5. The van der Waals surface area contributed by atoms with E-state index in [1.807, 2.05) is 0 Å². The van der Waals surface area contributed by atoms with Crippen LogP contribution >= 0.6 is 0 Å². The SMILES string of the molecule is COc1cccc(OCC(=O)Nc2ccc3c(c2)OCO3)c1OC. The van der Waals surface area contributed by atoms with Gasteiger partial charge in [0.2, 0.25) is 12.5 Å². The van der Waals surface area contributed by atoms with Crippen LogP contribution < -0.4 is 29.0 Å². The Bertz CT molecular complexity index is 746. The van der Waals surface area contributed by atoms with Crippen LogP contribution in [0.2, 0.25) is 0 Å². The first-order valence-corrected chi connectivity index (χ1v) is 7.24. The summed E-state index contributed by atoms with van der Waals surface area (Å²) >= 11 is 0. The minimum atomic E-state index is -0.307. The lowest BCUT2D eigenvalue weighted by Crippen LogP contribution is -2.20. The highest BCUT2D eigenvalue weighted by atomic mass is 16.7. The number of amides is 1. The van der Waals surface area contributed by atoms with E-state index in [0.29, 0.717) is 34.4 Å². The smallest absolute Gasteiger partial charge is 0.262 e. The number of carbonyl (C=O) groups is 1. The first-order valence-electron chi connectivity index (χ1n) is 7.24. The Morgan fingerprint density at radius 1 is 1.08 bits per heavy atom. The van der Waals surface area contributed by atoms with E-state index in [1.165, 1.54) is 14.2 Å². The van der Waals surface area contributed by atoms with Crippen molar-refractivity contribution in [3.8, 4) is 28.7 Å². The average Bonchev–Trinajstić information content (AvgIpc) is 3.07. The molecule has 1 aliphatic rings. The average molecular weight is 331 g/mol. The van der Waals surface area contributed by atoms with Gasteiger partial charge in [-0.2, -0.15) is 0 Å². The summed E-state index contributed by atoms with van der Waals surface area (Å²) in [6.07, 6.45) is 0. The number of para-hydroxylation sites is 1. The minimum Gasteiger partial charge on any atom is -0.493 e. The third kappa shape index (κ3) is 3.29. The zero-order valence-electron chi connectivity index (χ0n) is 13.3. The van der Waals surface area contributed by atoms with Crippen molar-refractivity contribution in [2.24, 2.45) is 0 Å². The maximum Gasteiger partial charge on any atom is 0.262 e. The zero-order chi connectivity index (χ0) is 16.9. The van der Waals surface area contributed by atoms with Crippen LogP contribution in [0.5, 0.6) is 28.7 Å². The van der Waals surface area contributed by atoms with Crippen LogP contribution in [-0.4, -0.2) is 33.5 Å². The molecule has 0 atom stereocenters. The van der Waals surface area contributed by atoms with E-state index in [4.69, 9.17) is 23.7 Å². The van der Waals surface area contributed by atoms with E-state index >= 15 is 0 Å². The van der Waals surface area contributed by atoms with Crippen molar-refractivity contribution in [2.45, 2.75) is 0 Å².